The van der Waals surface area contributed by atoms with E-state index in [-0.39, 0.29) is 0 Å². The molecule has 0 bridgehead atoms. The molecule has 0 saturated heterocycles. The summed E-state index contributed by atoms with van der Waals surface area (Å²) in [6.45, 7) is 6.71. The normalized spacial score (nSPS) is 8.22. The monoisotopic (exact) mass is 262 g/mol. The second-order valence-corrected chi connectivity index (χ2v) is 3.82. The summed E-state index contributed by atoms with van der Waals surface area (Å²) in [6.07, 6.45) is 5.27. The Labute approximate surface area is 109 Å². The van der Waals surface area contributed by atoms with Crippen molar-refractivity contribution in [1.82, 2.24) is 0 Å². The van der Waals surface area contributed by atoms with Gasteiger partial charge in [0.25, 0.3) is 5.97 Å². The van der Waals surface area contributed by atoms with Crippen LogP contribution in [0.4, 0.5) is 0 Å². The lowest BCUT2D eigenvalue weighted by atomic mass is 10.2. The summed E-state index contributed by atoms with van der Waals surface area (Å²) in [5.41, 5.74) is 0. The van der Waals surface area contributed by atoms with E-state index < -0.39 is 11.9 Å². The van der Waals surface area contributed by atoms with Gasteiger partial charge in [0.15, 0.2) is 0 Å². The van der Waals surface area contributed by atoms with E-state index in [0.29, 0.717) is 12.2 Å². The fourth-order valence-corrected chi connectivity index (χ4v) is 0.838. The van der Waals surface area contributed by atoms with Crippen LogP contribution < -0.4 is 0 Å². The first kappa shape index (κ1) is 21.9. The van der Waals surface area contributed by atoms with Crippen LogP contribution in [0.25, 0.3) is 0 Å². The maximum atomic E-state index is 10.3. The quantitative estimate of drug-likeness (QED) is 0.717. The second-order valence-electron chi connectivity index (χ2n) is 3.82. The van der Waals surface area contributed by atoms with Crippen LogP contribution in [0.5, 0.6) is 0 Å². The Morgan fingerprint density at radius 3 is 1.44 bits per heavy atom. The Hall–Kier alpha value is -1.39. The topological polar surface area (TPSA) is 91.7 Å². The minimum Gasteiger partial charge on any atom is -0.481 e. The molecule has 0 aliphatic carbocycles. The zero-order chi connectivity index (χ0) is 15.0. The van der Waals surface area contributed by atoms with Crippen molar-refractivity contribution < 1.29 is 24.6 Å². The van der Waals surface area contributed by atoms with Gasteiger partial charge in [-0.2, -0.15) is 0 Å². The number of carboxylic acid groups (broad SMARTS) is 2. The van der Waals surface area contributed by atoms with Gasteiger partial charge in [-0.3, -0.25) is 9.59 Å². The molecule has 0 heterocycles. The first-order chi connectivity index (χ1) is 8.27. The SMILES string of the molecule is CC(=O)O.CCCC(=O)O.CCCCCC(C)=O. The number of carbonyl (C=O) groups excluding carboxylic acids is 1. The van der Waals surface area contributed by atoms with Gasteiger partial charge in [-0.05, 0) is 19.8 Å². The van der Waals surface area contributed by atoms with Gasteiger partial charge in [0, 0.05) is 19.8 Å². The van der Waals surface area contributed by atoms with Gasteiger partial charge in [-0.15, -0.1) is 0 Å². The molecule has 5 heteroatoms. The molecule has 0 aromatic rings. The zero-order valence-electron chi connectivity index (χ0n) is 11.9. The average molecular weight is 262 g/mol. The summed E-state index contributed by atoms with van der Waals surface area (Å²) < 4.78 is 0. The highest BCUT2D eigenvalue weighted by atomic mass is 16.4. The molecule has 0 radical (unpaired) electrons. The number of ketones is 1. The van der Waals surface area contributed by atoms with Crippen LogP contribution in [0.15, 0.2) is 0 Å². The van der Waals surface area contributed by atoms with Gasteiger partial charge < -0.3 is 15.0 Å². The lowest BCUT2D eigenvalue weighted by Gasteiger charge is -1.90. The molecule has 0 saturated carbocycles. The standard InChI is InChI=1S/C7H14O.C4H8O2.C2H4O2/c1-3-4-5-6-7(2)8;1-2-3-4(5)6;1-2(3)4/h3-6H2,1-2H3;2-3H2,1H3,(H,5,6);1H3,(H,3,4). The highest BCUT2D eigenvalue weighted by Gasteiger charge is 1.89. The Balaban J connectivity index is -0.000000200. The van der Waals surface area contributed by atoms with Crippen molar-refractivity contribution in [2.45, 2.75) is 66.2 Å². The van der Waals surface area contributed by atoms with Crippen LogP contribution in [0, 0.1) is 0 Å². The maximum absolute atomic E-state index is 10.3. The van der Waals surface area contributed by atoms with Gasteiger partial charge in [0.05, 0.1) is 0 Å². The molecule has 0 aliphatic rings. The minimum absolute atomic E-state index is 0.292. The molecule has 18 heavy (non-hydrogen) atoms. The number of hydrogen-bond acceptors (Lipinski definition) is 3. The summed E-state index contributed by atoms with van der Waals surface area (Å²) in [4.78, 5) is 28.9. The van der Waals surface area contributed by atoms with Gasteiger partial charge in [0.1, 0.15) is 5.78 Å². The molecule has 0 rings (SSSR count). The van der Waals surface area contributed by atoms with E-state index in [0.717, 1.165) is 26.2 Å². The van der Waals surface area contributed by atoms with Crippen molar-refractivity contribution in [1.29, 1.82) is 0 Å². The summed E-state index contributed by atoms with van der Waals surface area (Å²) >= 11 is 0. The first-order valence-corrected chi connectivity index (χ1v) is 6.18. The summed E-state index contributed by atoms with van der Waals surface area (Å²) in [5, 5.41) is 15.3. The molecule has 5 nitrogen and oxygen atoms in total. The highest BCUT2D eigenvalue weighted by molar-refractivity contribution is 5.75. The Kier molecular flexibility index (Phi) is 21.8. The Bertz CT molecular complexity index is 219. The summed E-state index contributed by atoms with van der Waals surface area (Å²) in [5.74, 6) is -1.23. The average Bonchev–Trinajstić information content (AvgIpc) is 2.17. The van der Waals surface area contributed by atoms with Gasteiger partial charge in [0.2, 0.25) is 0 Å². The predicted molar refractivity (Wildman–Crippen MR) is 70.7 cm³/mol. The highest BCUT2D eigenvalue weighted by Crippen LogP contribution is 1.98. The van der Waals surface area contributed by atoms with Gasteiger partial charge >= 0.3 is 5.97 Å². The molecular formula is C13H26O5. The largest absolute Gasteiger partial charge is 0.481 e. The molecule has 0 amide bonds. The van der Waals surface area contributed by atoms with Crippen molar-refractivity contribution in [2.24, 2.45) is 0 Å². The van der Waals surface area contributed by atoms with Crippen molar-refractivity contribution in [3.05, 3.63) is 0 Å². The van der Waals surface area contributed by atoms with Crippen LogP contribution in [0.1, 0.15) is 66.2 Å². The van der Waals surface area contributed by atoms with Crippen LogP contribution >= 0.6 is 0 Å². The third kappa shape index (κ3) is 61.9. The van der Waals surface area contributed by atoms with E-state index in [2.05, 4.69) is 6.92 Å². The molecule has 0 atom stereocenters. The van der Waals surface area contributed by atoms with E-state index in [1.165, 1.54) is 12.8 Å². The molecule has 0 spiro atoms. The molecule has 2 N–H and O–H groups in total. The number of unbranched alkanes of at least 4 members (excludes halogenated alkanes) is 2. The van der Waals surface area contributed by atoms with Crippen molar-refractivity contribution in [2.75, 3.05) is 0 Å². The van der Waals surface area contributed by atoms with Crippen molar-refractivity contribution in [3.63, 3.8) is 0 Å². The number of Topliss-reactive ketones (excluding diaryl/α,β-unsaturated/α-hetero) is 1. The van der Waals surface area contributed by atoms with Crippen molar-refractivity contribution >= 4 is 17.7 Å². The molecule has 108 valence electrons. The molecule has 0 fully saturated rings. The first-order valence-electron chi connectivity index (χ1n) is 6.18. The lowest BCUT2D eigenvalue weighted by molar-refractivity contribution is -0.137. The number of carbonyl (C=O) groups is 3. The third-order valence-corrected chi connectivity index (χ3v) is 1.60. The fourth-order valence-electron chi connectivity index (χ4n) is 0.838. The van der Waals surface area contributed by atoms with E-state index in [9.17, 15) is 9.59 Å². The van der Waals surface area contributed by atoms with Gasteiger partial charge in [-0.25, -0.2) is 0 Å². The second kappa shape index (κ2) is 18.0. The number of aliphatic carboxylic acids is 2. The molecule has 0 aliphatic heterocycles. The summed E-state index contributed by atoms with van der Waals surface area (Å²) in [7, 11) is 0. The fraction of sp³-hybridized carbons (Fsp3) is 0.769. The molecular weight excluding hydrogens is 236 g/mol. The van der Waals surface area contributed by atoms with E-state index >= 15 is 0 Å². The Morgan fingerprint density at radius 1 is 0.833 bits per heavy atom. The van der Waals surface area contributed by atoms with E-state index in [4.69, 9.17) is 15.0 Å². The number of rotatable bonds is 6. The molecule has 0 aromatic carbocycles. The molecule has 0 aromatic heterocycles. The van der Waals surface area contributed by atoms with Crippen molar-refractivity contribution in [3.8, 4) is 0 Å². The molecule has 0 unspecified atom stereocenters. The zero-order valence-corrected chi connectivity index (χ0v) is 11.9. The van der Waals surface area contributed by atoms with Crippen LogP contribution in [-0.4, -0.2) is 27.9 Å². The summed E-state index contributed by atoms with van der Waals surface area (Å²) in [6, 6.07) is 0. The smallest absolute Gasteiger partial charge is 0.303 e. The van der Waals surface area contributed by atoms with Crippen LogP contribution in [0.3, 0.4) is 0 Å². The number of carboxylic acids is 2. The van der Waals surface area contributed by atoms with Crippen LogP contribution in [0.2, 0.25) is 0 Å². The van der Waals surface area contributed by atoms with E-state index in [1.54, 1.807) is 6.92 Å². The maximum Gasteiger partial charge on any atom is 0.303 e. The Morgan fingerprint density at radius 2 is 1.28 bits per heavy atom. The minimum atomic E-state index is -0.833. The van der Waals surface area contributed by atoms with E-state index in [1.807, 2.05) is 6.92 Å². The number of hydrogen-bond donors (Lipinski definition) is 2. The predicted octanol–water partition coefficient (Wildman–Crippen LogP) is 3.12. The van der Waals surface area contributed by atoms with Gasteiger partial charge in [-0.1, -0.05) is 26.7 Å². The van der Waals surface area contributed by atoms with Crippen LogP contribution in [-0.2, 0) is 14.4 Å². The lowest BCUT2D eigenvalue weighted by Crippen LogP contribution is -1.90. The third-order valence-electron chi connectivity index (χ3n) is 1.60.